The van der Waals surface area contributed by atoms with E-state index in [9.17, 15) is 18.9 Å². The van der Waals surface area contributed by atoms with Gasteiger partial charge in [-0.1, -0.05) is 52.4 Å². The standard InChI is InChI=1S/2C6H13O3P.Cr/c2*1-2-3-4-5-6-9-10(7)8;/h2*2-6H2,1H3;/q;;+2. The maximum Gasteiger partial charge on any atom is 2.00 e. The Labute approximate surface area is 140 Å². The fraction of sp³-hybridized carbons (Fsp3) is 1.00. The SMILES string of the molecule is CCCCCCO[P+](=O)[O-].CCCCCCO[P+](=O)[O-].[Cr+2]. The van der Waals surface area contributed by atoms with Crippen molar-refractivity contribution < 1.29 is 45.3 Å². The van der Waals surface area contributed by atoms with Crippen LogP contribution in [0, 0.1) is 0 Å². The molecule has 124 valence electrons. The second kappa shape index (κ2) is 22.8. The summed E-state index contributed by atoms with van der Waals surface area (Å²) in [5, 5.41) is 0. The maximum atomic E-state index is 9.85. The van der Waals surface area contributed by atoms with Gasteiger partial charge < -0.3 is 9.79 Å². The zero-order valence-corrected chi connectivity index (χ0v) is 15.9. The van der Waals surface area contributed by atoms with Gasteiger partial charge in [0.15, 0.2) is 0 Å². The number of unbranched alkanes of at least 4 members (excludes halogenated alkanes) is 6. The summed E-state index contributed by atoms with van der Waals surface area (Å²) < 4.78 is 28.4. The molecule has 0 rings (SSSR count). The number of rotatable bonds is 12. The second-order valence-corrected chi connectivity index (χ2v) is 5.65. The summed E-state index contributed by atoms with van der Waals surface area (Å²) >= 11 is 0. The first kappa shape index (κ1) is 26.5. The molecular formula is C12H26CrO6P2+2. The van der Waals surface area contributed by atoms with E-state index in [0.29, 0.717) is 13.2 Å². The molecule has 2 unspecified atom stereocenters. The molecule has 0 aromatic carbocycles. The molecule has 0 saturated carbocycles. The average Bonchev–Trinajstić information content (AvgIpc) is 2.38. The van der Waals surface area contributed by atoms with Crippen molar-refractivity contribution in [3.63, 3.8) is 0 Å². The van der Waals surface area contributed by atoms with Crippen LogP contribution in [0.4, 0.5) is 0 Å². The van der Waals surface area contributed by atoms with Crippen LogP contribution in [-0.2, 0) is 35.5 Å². The molecule has 0 amide bonds. The van der Waals surface area contributed by atoms with Crippen LogP contribution < -0.4 is 9.79 Å². The van der Waals surface area contributed by atoms with Crippen molar-refractivity contribution in [1.29, 1.82) is 0 Å². The molecule has 0 saturated heterocycles. The van der Waals surface area contributed by atoms with Gasteiger partial charge in [0.1, 0.15) is 13.2 Å². The first-order valence-corrected chi connectivity index (χ1v) is 9.28. The quantitative estimate of drug-likeness (QED) is 0.381. The third-order valence-corrected chi connectivity index (χ3v) is 3.18. The van der Waals surface area contributed by atoms with Crippen LogP contribution in [0.15, 0.2) is 0 Å². The van der Waals surface area contributed by atoms with Crippen molar-refractivity contribution in [3.8, 4) is 0 Å². The van der Waals surface area contributed by atoms with E-state index in [2.05, 4.69) is 22.9 Å². The normalized spacial score (nSPS) is 11.0. The number of hydrogen-bond acceptors (Lipinski definition) is 6. The van der Waals surface area contributed by atoms with Gasteiger partial charge in [0, 0.05) is 0 Å². The van der Waals surface area contributed by atoms with Gasteiger partial charge in [0.05, 0.1) is 0 Å². The van der Waals surface area contributed by atoms with Gasteiger partial charge in [0.25, 0.3) is 0 Å². The average molecular weight is 380 g/mol. The minimum atomic E-state index is -2.62. The third kappa shape index (κ3) is 33.4. The fourth-order valence-corrected chi connectivity index (χ4v) is 1.89. The van der Waals surface area contributed by atoms with Gasteiger partial charge in [0.2, 0.25) is 0 Å². The summed E-state index contributed by atoms with van der Waals surface area (Å²) in [7, 11) is -5.24. The molecule has 0 bridgehead atoms. The van der Waals surface area contributed by atoms with Gasteiger partial charge in [-0.2, -0.15) is 0 Å². The molecule has 0 spiro atoms. The summed E-state index contributed by atoms with van der Waals surface area (Å²) in [4.78, 5) is 19.7. The first-order valence-electron chi connectivity index (χ1n) is 7.09. The first-order chi connectivity index (χ1) is 9.54. The molecule has 0 heterocycles. The fourth-order valence-electron chi connectivity index (χ4n) is 1.34. The summed E-state index contributed by atoms with van der Waals surface area (Å²) in [6.45, 7) is 4.90. The summed E-state index contributed by atoms with van der Waals surface area (Å²) in [6, 6.07) is 0. The van der Waals surface area contributed by atoms with E-state index in [-0.39, 0.29) is 17.4 Å². The molecule has 0 aromatic rings. The van der Waals surface area contributed by atoms with Crippen LogP contribution in [0.5, 0.6) is 0 Å². The Bertz CT molecular complexity index is 220. The van der Waals surface area contributed by atoms with E-state index in [1.54, 1.807) is 0 Å². The van der Waals surface area contributed by atoms with E-state index in [0.717, 1.165) is 51.4 Å². The van der Waals surface area contributed by atoms with E-state index in [1.807, 2.05) is 0 Å². The Morgan fingerprint density at radius 2 is 1.05 bits per heavy atom. The molecule has 0 radical (unpaired) electrons. The zero-order valence-electron chi connectivity index (χ0n) is 12.8. The predicted octanol–water partition coefficient (Wildman–Crippen LogP) is 3.20. The Morgan fingerprint density at radius 3 is 1.29 bits per heavy atom. The van der Waals surface area contributed by atoms with Crippen LogP contribution in [0.3, 0.4) is 0 Å². The van der Waals surface area contributed by atoms with E-state index in [4.69, 9.17) is 0 Å². The van der Waals surface area contributed by atoms with Crippen molar-refractivity contribution in [2.45, 2.75) is 65.2 Å². The molecule has 0 N–H and O–H groups in total. The summed E-state index contributed by atoms with van der Waals surface area (Å²) in [5.74, 6) is 0. The zero-order chi connectivity index (χ0) is 15.6. The molecule has 21 heavy (non-hydrogen) atoms. The molecule has 0 aliphatic carbocycles. The maximum absolute atomic E-state index is 9.85. The molecule has 9 heteroatoms. The topological polar surface area (TPSA) is 98.7 Å². The molecular weight excluding hydrogens is 354 g/mol. The molecule has 0 aliphatic rings. The van der Waals surface area contributed by atoms with Crippen molar-refractivity contribution in [1.82, 2.24) is 0 Å². The predicted molar refractivity (Wildman–Crippen MR) is 75.4 cm³/mol. The van der Waals surface area contributed by atoms with Crippen LogP contribution in [0.25, 0.3) is 0 Å². The second-order valence-electron chi connectivity index (χ2n) is 4.23. The van der Waals surface area contributed by atoms with Gasteiger partial charge in [-0.3, -0.25) is 0 Å². The van der Waals surface area contributed by atoms with Gasteiger partial charge >= 0.3 is 33.9 Å². The Balaban J connectivity index is -0.000000295. The minimum absolute atomic E-state index is 0. The van der Waals surface area contributed by atoms with Crippen molar-refractivity contribution in [3.05, 3.63) is 0 Å². The molecule has 2 atom stereocenters. The van der Waals surface area contributed by atoms with Crippen LogP contribution in [0.1, 0.15) is 65.2 Å². The number of hydrogen-bond donors (Lipinski definition) is 0. The van der Waals surface area contributed by atoms with Crippen molar-refractivity contribution in [2.24, 2.45) is 0 Å². The van der Waals surface area contributed by atoms with Gasteiger partial charge in [-0.25, -0.2) is 0 Å². The van der Waals surface area contributed by atoms with E-state index in [1.165, 1.54) is 0 Å². The Hall–Kier alpha value is 0.572. The van der Waals surface area contributed by atoms with Crippen molar-refractivity contribution >= 4 is 16.5 Å². The van der Waals surface area contributed by atoms with Crippen LogP contribution in [0.2, 0.25) is 0 Å². The molecule has 0 aliphatic heterocycles. The Kier molecular flexibility index (Phi) is 28.8. The van der Waals surface area contributed by atoms with E-state index < -0.39 is 16.5 Å². The third-order valence-electron chi connectivity index (χ3n) is 2.39. The summed E-state index contributed by atoms with van der Waals surface area (Å²) in [5.41, 5.74) is 0. The summed E-state index contributed by atoms with van der Waals surface area (Å²) in [6.07, 6.45) is 8.42. The largest absolute Gasteiger partial charge is 2.00 e. The van der Waals surface area contributed by atoms with Crippen LogP contribution >= 0.6 is 16.5 Å². The molecule has 0 fully saturated rings. The minimum Gasteiger partial charge on any atom is -0.566 e. The van der Waals surface area contributed by atoms with Crippen LogP contribution in [-0.4, -0.2) is 13.2 Å². The van der Waals surface area contributed by atoms with Crippen molar-refractivity contribution in [2.75, 3.05) is 13.2 Å². The smallest absolute Gasteiger partial charge is 0.566 e. The molecule has 6 nitrogen and oxygen atoms in total. The van der Waals surface area contributed by atoms with Gasteiger partial charge in [-0.15, -0.1) is 9.05 Å². The van der Waals surface area contributed by atoms with Gasteiger partial charge in [-0.05, 0) is 22.0 Å². The molecule has 0 aromatic heterocycles. The monoisotopic (exact) mass is 380 g/mol. The Morgan fingerprint density at radius 1 is 0.714 bits per heavy atom. The van der Waals surface area contributed by atoms with E-state index >= 15 is 0 Å².